The molecule has 1 aliphatic carbocycles. The van der Waals surface area contributed by atoms with Crippen molar-refractivity contribution in [3.05, 3.63) is 18.3 Å². The predicted molar refractivity (Wildman–Crippen MR) is 63.6 cm³/mol. The zero-order valence-corrected chi connectivity index (χ0v) is 9.94. The van der Waals surface area contributed by atoms with Crippen LogP contribution in [0.5, 0.6) is 0 Å². The van der Waals surface area contributed by atoms with Crippen LogP contribution in [0.4, 0.5) is 11.5 Å². The van der Waals surface area contributed by atoms with Gasteiger partial charge in [-0.3, -0.25) is 4.31 Å². The minimum absolute atomic E-state index is 0.227. The van der Waals surface area contributed by atoms with E-state index in [4.69, 9.17) is 5.73 Å². The molecule has 1 fully saturated rings. The Bertz CT molecular complexity index is 465. The Labute approximate surface area is 95.3 Å². The highest BCUT2D eigenvalue weighted by Gasteiger charge is 2.34. The van der Waals surface area contributed by atoms with Gasteiger partial charge in [0.25, 0.3) is 0 Å². The smallest absolute Gasteiger partial charge is 0.237 e. The van der Waals surface area contributed by atoms with Crippen LogP contribution in [0.2, 0.25) is 0 Å². The number of rotatable bonds is 3. The third kappa shape index (κ3) is 1.84. The molecular formula is C10H15N3O2S. The van der Waals surface area contributed by atoms with Gasteiger partial charge in [0, 0.05) is 7.05 Å². The molecule has 1 aromatic heterocycles. The average molecular weight is 241 g/mol. The van der Waals surface area contributed by atoms with Crippen molar-refractivity contribution in [1.29, 1.82) is 0 Å². The van der Waals surface area contributed by atoms with E-state index in [0.717, 1.165) is 19.3 Å². The Hall–Kier alpha value is -1.30. The Kier molecular flexibility index (Phi) is 2.75. The van der Waals surface area contributed by atoms with Crippen molar-refractivity contribution < 1.29 is 8.42 Å². The van der Waals surface area contributed by atoms with Crippen LogP contribution in [-0.2, 0) is 10.0 Å². The molecule has 1 aromatic rings. The number of nitrogen functional groups attached to an aromatic ring is 1. The van der Waals surface area contributed by atoms with E-state index in [1.165, 1.54) is 10.5 Å². The number of anilines is 2. The van der Waals surface area contributed by atoms with E-state index in [1.54, 1.807) is 19.2 Å². The van der Waals surface area contributed by atoms with E-state index in [0.29, 0.717) is 11.5 Å². The monoisotopic (exact) mass is 241 g/mol. The van der Waals surface area contributed by atoms with Gasteiger partial charge in [-0.1, -0.05) is 6.42 Å². The fourth-order valence-corrected chi connectivity index (χ4v) is 3.40. The number of pyridine rings is 1. The number of sulfonamides is 1. The zero-order chi connectivity index (χ0) is 11.8. The minimum Gasteiger partial charge on any atom is -0.384 e. The number of nitrogens with two attached hydrogens (primary N) is 1. The summed E-state index contributed by atoms with van der Waals surface area (Å²) >= 11 is 0. The predicted octanol–water partition coefficient (Wildman–Crippen LogP) is 0.982. The molecule has 2 rings (SSSR count). The number of nitrogens with zero attached hydrogens (tertiary/aromatic N) is 2. The van der Waals surface area contributed by atoms with Gasteiger partial charge in [0.1, 0.15) is 5.82 Å². The van der Waals surface area contributed by atoms with Gasteiger partial charge in [-0.15, -0.1) is 0 Å². The number of aromatic nitrogens is 1. The van der Waals surface area contributed by atoms with E-state index in [9.17, 15) is 8.42 Å². The largest absolute Gasteiger partial charge is 0.384 e. The van der Waals surface area contributed by atoms with Crippen molar-refractivity contribution >= 4 is 21.5 Å². The molecule has 16 heavy (non-hydrogen) atoms. The molecule has 1 heterocycles. The first-order chi connectivity index (χ1) is 7.51. The molecule has 0 atom stereocenters. The summed E-state index contributed by atoms with van der Waals surface area (Å²) in [7, 11) is -1.66. The first-order valence-electron chi connectivity index (χ1n) is 5.21. The highest BCUT2D eigenvalue weighted by atomic mass is 32.2. The van der Waals surface area contributed by atoms with Crippen molar-refractivity contribution in [2.45, 2.75) is 24.5 Å². The summed E-state index contributed by atoms with van der Waals surface area (Å²) in [5.41, 5.74) is 6.01. The van der Waals surface area contributed by atoms with Crippen LogP contribution in [0.1, 0.15) is 19.3 Å². The van der Waals surface area contributed by atoms with Gasteiger partial charge < -0.3 is 5.73 Å². The molecule has 0 saturated heterocycles. The Balaban J connectivity index is 2.24. The van der Waals surface area contributed by atoms with Gasteiger partial charge in [-0.05, 0) is 25.0 Å². The summed E-state index contributed by atoms with van der Waals surface area (Å²) in [5.74, 6) is 0.387. The second-order valence-corrected chi connectivity index (χ2v) is 6.25. The summed E-state index contributed by atoms with van der Waals surface area (Å²) in [4.78, 5) is 3.89. The van der Waals surface area contributed by atoms with Gasteiger partial charge in [-0.2, -0.15) is 0 Å². The van der Waals surface area contributed by atoms with Crippen LogP contribution in [-0.4, -0.2) is 25.7 Å². The second kappa shape index (κ2) is 3.93. The molecule has 6 heteroatoms. The second-order valence-electron chi connectivity index (χ2n) is 4.01. The molecule has 0 aromatic carbocycles. The summed E-state index contributed by atoms with van der Waals surface area (Å²) < 4.78 is 25.4. The summed E-state index contributed by atoms with van der Waals surface area (Å²) in [6.45, 7) is 0. The molecule has 0 amide bonds. The quantitative estimate of drug-likeness (QED) is 0.856. The standard InChI is InChI=1S/C10H15N3O2S/c1-13(8-5-6-10(11)12-7-8)16(14,15)9-3-2-4-9/h5-7,9H,2-4H2,1H3,(H2,11,12). The van der Waals surface area contributed by atoms with Crippen LogP contribution in [0.15, 0.2) is 18.3 Å². The van der Waals surface area contributed by atoms with Gasteiger partial charge in [0.15, 0.2) is 0 Å². The fraction of sp³-hybridized carbons (Fsp3) is 0.500. The highest BCUT2D eigenvalue weighted by molar-refractivity contribution is 7.93. The molecule has 0 unspecified atom stereocenters. The SMILES string of the molecule is CN(c1ccc(N)nc1)S(=O)(=O)C1CCC1. The zero-order valence-electron chi connectivity index (χ0n) is 9.13. The van der Waals surface area contributed by atoms with Gasteiger partial charge >= 0.3 is 0 Å². The van der Waals surface area contributed by atoms with E-state index in [1.807, 2.05) is 0 Å². The van der Waals surface area contributed by atoms with E-state index in [-0.39, 0.29) is 5.25 Å². The summed E-state index contributed by atoms with van der Waals surface area (Å²) in [6, 6.07) is 3.26. The first-order valence-corrected chi connectivity index (χ1v) is 6.71. The van der Waals surface area contributed by atoms with E-state index in [2.05, 4.69) is 4.98 Å². The Morgan fingerprint density at radius 1 is 1.44 bits per heavy atom. The fourth-order valence-electron chi connectivity index (χ4n) is 1.62. The Morgan fingerprint density at radius 3 is 2.56 bits per heavy atom. The van der Waals surface area contributed by atoms with Crippen LogP contribution in [0.3, 0.4) is 0 Å². The number of hydrogen-bond donors (Lipinski definition) is 1. The van der Waals surface area contributed by atoms with Crippen LogP contribution in [0.25, 0.3) is 0 Å². The maximum absolute atomic E-state index is 12.1. The van der Waals surface area contributed by atoms with Crippen molar-refractivity contribution in [3.63, 3.8) is 0 Å². The maximum atomic E-state index is 12.1. The minimum atomic E-state index is -3.22. The molecule has 88 valence electrons. The molecular weight excluding hydrogens is 226 g/mol. The molecule has 1 saturated carbocycles. The summed E-state index contributed by atoms with van der Waals surface area (Å²) in [5, 5.41) is -0.227. The van der Waals surface area contributed by atoms with Gasteiger partial charge in [0.2, 0.25) is 10.0 Å². The van der Waals surface area contributed by atoms with Gasteiger partial charge in [-0.25, -0.2) is 13.4 Å². The van der Waals surface area contributed by atoms with Crippen LogP contribution >= 0.6 is 0 Å². The molecule has 1 aliphatic rings. The average Bonchev–Trinajstić information content (AvgIpc) is 2.14. The molecule has 0 bridgehead atoms. The first kappa shape index (κ1) is 11.2. The third-order valence-electron chi connectivity index (χ3n) is 2.99. The van der Waals surface area contributed by atoms with Crippen LogP contribution in [0, 0.1) is 0 Å². The Morgan fingerprint density at radius 2 is 2.12 bits per heavy atom. The van der Waals surface area contributed by atoms with Crippen LogP contribution < -0.4 is 10.0 Å². The third-order valence-corrected chi connectivity index (χ3v) is 5.28. The maximum Gasteiger partial charge on any atom is 0.237 e. The lowest BCUT2D eigenvalue weighted by Gasteiger charge is -2.30. The lowest BCUT2D eigenvalue weighted by Crippen LogP contribution is -2.39. The van der Waals surface area contributed by atoms with E-state index >= 15 is 0 Å². The lowest BCUT2D eigenvalue weighted by atomic mass is 10.0. The van der Waals surface area contributed by atoms with Gasteiger partial charge in [0.05, 0.1) is 17.1 Å². The summed E-state index contributed by atoms with van der Waals surface area (Å²) in [6.07, 6.45) is 3.99. The highest BCUT2D eigenvalue weighted by Crippen LogP contribution is 2.30. The van der Waals surface area contributed by atoms with Crippen molar-refractivity contribution in [2.75, 3.05) is 17.1 Å². The topological polar surface area (TPSA) is 76.3 Å². The normalized spacial score (nSPS) is 16.8. The van der Waals surface area contributed by atoms with E-state index < -0.39 is 10.0 Å². The molecule has 5 nitrogen and oxygen atoms in total. The molecule has 0 aliphatic heterocycles. The molecule has 2 N–H and O–H groups in total. The van der Waals surface area contributed by atoms with Crippen molar-refractivity contribution in [2.24, 2.45) is 0 Å². The lowest BCUT2D eigenvalue weighted by molar-refractivity contribution is 0.476. The molecule has 0 radical (unpaired) electrons. The number of hydrogen-bond acceptors (Lipinski definition) is 4. The molecule has 0 spiro atoms. The van der Waals surface area contributed by atoms with Crippen molar-refractivity contribution in [1.82, 2.24) is 4.98 Å². The van der Waals surface area contributed by atoms with Crippen molar-refractivity contribution in [3.8, 4) is 0 Å².